The van der Waals surface area contributed by atoms with E-state index in [2.05, 4.69) is 19.2 Å². The van der Waals surface area contributed by atoms with Crippen LogP contribution in [-0.2, 0) is 0 Å². The smallest absolute Gasteiger partial charge is 0.00697 e. The molecule has 2 saturated carbocycles. The highest BCUT2D eigenvalue weighted by molar-refractivity contribution is 4.83. The van der Waals surface area contributed by atoms with Crippen LogP contribution >= 0.6 is 0 Å². The van der Waals surface area contributed by atoms with Crippen LogP contribution in [0.3, 0.4) is 0 Å². The molecule has 0 saturated heterocycles. The van der Waals surface area contributed by atoms with Crippen molar-refractivity contribution in [1.29, 1.82) is 0 Å². The molecule has 0 spiro atoms. The summed E-state index contributed by atoms with van der Waals surface area (Å²) >= 11 is 0. The van der Waals surface area contributed by atoms with Crippen molar-refractivity contribution >= 4 is 0 Å². The van der Waals surface area contributed by atoms with Gasteiger partial charge in [0.1, 0.15) is 0 Å². The van der Waals surface area contributed by atoms with Crippen molar-refractivity contribution in [3.63, 3.8) is 0 Å². The Morgan fingerprint density at radius 2 is 1.88 bits per heavy atom. The molecule has 0 aromatic carbocycles. The third kappa shape index (κ3) is 4.08. The van der Waals surface area contributed by atoms with Gasteiger partial charge in [-0.05, 0) is 43.9 Å². The van der Waals surface area contributed by atoms with Gasteiger partial charge in [0, 0.05) is 12.1 Å². The maximum absolute atomic E-state index is 3.94. The molecule has 2 rings (SSSR count). The number of hydrogen-bond acceptors (Lipinski definition) is 1. The van der Waals surface area contributed by atoms with Crippen molar-refractivity contribution in [3.8, 4) is 0 Å². The first-order valence-electron chi connectivity index (χ1n) is 7.54. The lowest BCUT2D eigenvalue weighted by atomic mass is 10.0. The molecule has 0 aromatic heterocycles. The van der Waals surface area contributed by atoms with Gasteiger partial charge in [-0.1, -0.05) is 39.5 Å². The van der Waals surface area contributed by atoms with E-state index in [1.165, 1.54) is 57.8 Å². The van der Waals surface area contributed by atoms with Gasteiger partial charge in [0.05, 0.1) is 0 Å². The largest absolute Gasteiger partial charge is 0.311 e. The summed E-state index contributed by atoms with van der Waals surface area (Å²) in [4.78, 5) is 0. The van der Waals surface area contributed by atoms with Gasteiger partial charge in [-0.3, -0.25) is 0 Å². The van der Waals surface area contributed by atoms with Crippen LogP contribution in [0.4, 0.5) is 0 Å². The Morgan fingerprint density at radius 1 is 1.06 bits per heavy atom. The first-order chi connectivity index (χ1) is 7.78. The van der Waals surface area contributed by atoms with E-state index < -0.39 is 0 Å². The fraction of sp³-hybridized carbons (Fsp3) is 1.00. The summed E-state index contributed by atoms with van der Waals surface area (Å²) in [6.45, 7) is 4.77. The van der Waals surface area contributed by atoms with E-state index in [1.807, 2.05) is 0 Å². The Morgan fingerprint density at radius 3 is 2.56 bits per heavy atom. The predicted octanol–water partition coefficient (Wildman–Crippen LogP) is 4.12. The van der Waals surface area contributed by atoms with E-state index in [0.29, 0.717) is 0 Å². The minimum Gasteiger partial charge on any atom is -0.311 e. The van der Waals surface area contributed by atoms with Gasteiger partial charge in [-0.2, -0.15) is 0 Å². The molecule has 0 amide bonds. The van der Waals surface area contributed by atoms with E-state index >= 15 is 0 Å². The molecule has 2 aliphatic rings. The number of rotatable bonds is 5. The van der Waals surface area contributed by atoms with Crippen molar-refractivity contribution in [2.45, 2.75) is 83.7 Å². The van der Waals surface area contributed by atoms with Crippen LogP contribution in [0.15, 0.2) is 0 Å². The molecule has 0 aromatic rings. The van der Waals surface area contributed by atoms with E-state index in [4.69, 9.17) is 0 Å². The highest BCUT2D eigenvalue weighted by atomic mass is 14.9. The predicted molar refractivity (Wildman–Crippen MR) is 70.6 cm³/mol. The molecule has 0 aliphatic heterocycles. The molecule has 94 valence electrons. The second-order valence-electron chi connectivity index (χ2n) is 6.26. The van der Waals surface area contributed by atoms with Crippen LogP contribution in [0.1, 0.15) is 71.6 Å². The Hall–Kier alpha value is -0.0400. The van der Waals surface area contributed by atoms with Gasteiger partial charge < -0.3 is 5.32 Å². The summed E-state index contributed by atoms with van der Waals surface area (Å²) < 4.78 is 0. The Labute approximate surface area is 101 Å². The molecule has 1 nitrogen and oxygen atoms in total. The molecule has 1 heteroatoms. The van der Waals surface area contributed by atoms with Crippen LogP contribution in [0.5, 0.6) is 0 Å². The lowest BCUT2D eigenvalue weighted by molar-refractivity contribution is 0.357. The molecular formula is C15H29N. The normalized spacial score (nSPS) is 33.4. The molecule has 3 atom stereocenters. The van der Waals surface area contributed by atoms with Crippen LogP contribution in [0.25, 0.3) is 0 Å². The molecule has 0 heterocycles. The zero-order valence-electron chi connectivity index (χ0n) is 11.2. The summed E-state index contributed by atoms with van der Waals surface area (Å²) in [5.74, 6) is 2.04. The van der Waals surface area contributed by atoms with Crippen LogP contribution in [-0.4, -0.2) is 12.1 Å². The average molecular weight is 223 g/mol. The van der Waals surface area contributed by atoms with Crippen molar-refractivity contribution in [2.24, 2.45) is 11.8 Å². The van der Waals surface area contributed by atoms with Crippen molar-refractivity contribution in [2.75, 3.05) is 0 Å². The highest BCUT2D eigenvalue weighted by Gasteiger charge is 2.26. The van der Waals surface area contributed by atoms with E-state index in [0.717, 1.165) is 23.9 Å². The molecular weight excluding hydrogens is 194 g/mol. The zero-order chi connectivity index (χ0) is 11.4. The van der Waals surface area contributed by atoms with Crippen LogP contribution < -0.4 is 5.32 Å². The van der Waals surface area contributed by atoms with E-state index in [9.17, 15) is 0 Å². The summed E-state index contributed by atoms with van der Waals surface area (Å²) in [6.07, 6.45) is 13.0. The molecule has 0 radical (unpaired) electrons. The van der Waals surface area contributed by atoms with E-state index in [1.54, 1.807) is 0 Å². The molecule has 16 heavy (non-hydrogen) atoms. The summed E-state index contributed by atoms with van der Waals surface area (Å²) in [5, 5.41) is 3.94. The Balaban J connectivity index is 1.72. The maximum Gasteiger partial charge on any atom is 0.00697 e. The molecule has 2 fully saturated rings. The Bertz CT molecular complexity index is 198. The molecule has 3 unspecified atom stereocenters. The average Bonchev–Trinajstić information content (AvgIpc) is 3.08. The SMILES string of the molecule is CCC(CC1CC1)NC1CCCC(C)CC1. The quantitative estimate of drug-likeness (QED) is 0.691. The monoisotopic (exact) mass is 223 g/mol. The third-order valence-electron chi connectivity index (χ3n) is 4.54. The fourth-order valence-electron chi connectivity index (χ4n) is 3.10. The minimum absolute atomic E-state index is 0.811. The van der Waals surface area contributed by atoms with Gasteiger partial charge in [0.2, 0.25) is 0 Å². The van der Waals surface area contributed by atoms with Crippen LogP contribution in [0.2, 0.25) is 0 Å². The Kier molecular flexibility index (Phi) is 4.69. The first-order valence-corrected chi connectivity index (χ1v) is 7.54. The number of nitrogens with one attached hydrogen (secondary N) is 1. The van der Waals surface area contributed by atoms with Gasteiger partial charge in [-0.25, -0.2) is 0 Å². The van der Waals surface area contributed by atoms with Crippen molar-refractivity contribution in [1.82, 2.24) is 5.32 Å². The fourth-order valence-corrected chi connectivity index (χ4v) is 3.10. The van der Waals surface area contributed by atoms with Crippen LogP contribution in [0, 0.1) is 11.8 Å². The topological polar surface area (TPSA) is 12.0 Å². The third-order valence-corrected chi connectivity index (χ3v) is 4.54. The maximum atomic E-state index is 3.94. The summed E-state index contributed by atoms with van der Waals surface area (Å²) in [6, 6.07) is 1.64. The first kappa shape index (κ1) is 12.4. The van der Waals surface area contributed by atoms with Gasteiger partial charge in [0.25, 0.3) is 0 Å². The minimum atomic E-state index is 0.811. The molecule has 0 bridgehead atoms. The van der Waals surface area contributed by atoms with Gasteiger partial charge in [-0.15, -0.1) is 0 Å². The lowest BCUT2D eigenvalue weighted by Gasteiger charge is -2.24. The van der Waals surface area contributed by atoms with E-state index in [-0.39, 0.29) is 0 Å². The lowest BCUT2D eigenvalue weighted by Crippen LogP contribution is -2.38. The zero-order valence-corrected chi connectivity index (χ0v) is 11.2. The second kappa shape index (κ2) is 6.05. The molecule has 2 aliphatic carbocycles. The second-order valence-corrected chi connectivity index (χ2v) is 6.26. The van der Waals surface area contributed by atoms with Crippen molar-refractivity contribution in [3.05, 3.63) is 0 Å². The van der Waals surface area contributed by atoms with Crippen molar-refractivity contribution < 1.29 is 0 Å². The standard InChI is InChI=1S/C15H29N/c1-3-14(11-13-8-9-13)16-15-6-4-5-12(2)7-10-15/h12-16H,3-11H2,1-2H3. The summed E-state index contributed by atoms with van der Waals surface area (Å²) in [5.41, 5.74) is 0. The van der Waals surface area contributed by atoms with Gasteiger partial charge in [0.15, 0.2) is 0 Å². The summed E-state index contributed by atoms with van der Waals surface area (Å²) in [7, 11) is 0. The van der Waals surface area contributed by atoms with Gasteiger partial charge >= 0.3 is 0 Å². The highest BCUT2D eigenvalue weighted by Crippen LogP contribution is 2.34. The number of hydrogen-bond donors (Lipinski definition) is 1. The molecule has 1 N–H and O–H groups in total.